The van der Waals surface area contributed by atoms with Crippen LogP contribution in [0.2, 0.25) is 0 Å². The summed E-state index contributed by atoms with van der Waals surface area (Å²) in [5.41, 5.74) is 0. The van der Waals surface area contributed by atoms with E-state index in [1.54, 1.807) is 0 Å². The summed E-state index contributed by atoms with van der Waals surface area (Å²) in [5, 5.41) is 16.6. The van der Waals surface area contributed by atoms with Gasteiger partial charge in [0, 0.05) is 13.5 Å². The molecule has 0 aromatic carbocycles. The zero-order valence-corrected chi connectivity index (χ0v) is 14.8. The molecule has 0 saturated heterocycles. The van der Waals surface area contributed by atoms with Crippen molar-refractivity contribution >= 4 is 18.2 Å². The molecule has 0 fully saturated rings. The van der Waals surface area contributed by atoms with Crippen LogP contribution in [-0.2, 0) is 28.6 Å². The van der Waals surface area contributed by atoms with Gasteiger partial charge in [-0.15, -0.1) is 0 Å². The number of carbonyl (C=O) groups excluding carboxylic acids is 3. The first-order valence-electron chi connectivity index (χ1n) is 8.17. The molecule has 2 unspecified atom stereocenters. The number of rotatable bonds is 16. The van der Waals surface area contributed by atoms with Crippen molar-refractivity contribution in [2.75, 3.05) is 46.1 Å². The molecule has 2 atom stereocenters. The molecule has 146 valence electrons. The standard InChI is InChI=1S/C15H29N3O7/c1-3-13(10-19)25-15(9-18-12(2)21)24-7-6-23-5-4-17-14(22)8-16-11-20/h11,13,15,19H,3-10H2,1-2H3,(H,16,20)(H,17,22)(H,18,21). The van der Waals surface area contributed by atoms with Gasteiger partial charge in [-0.2, -0.15) is 0 Å². The number of hydrogen-bond acceptors (Lipinski definition) is 7. The van der Waals surface area contributed by atoms with E-state index in [0.29, 0.717) is 26.0 Å². The van der Waals surface area contributed by atoms with E-state index in [4.69, 9.17) is 19.3 Å². The van der Waals surface area contributed by atoms with Crippen LogP contribution in [0.25, 0.3) is 0 Å². The molecule has 0 aromatic rings. The highest BCUT2D eigenvalue weighted by Crippen LogP contribution is 2.03. The van der Waals surface area contributed by atoms with Gasteiger partial charge in [0.05, 0.1) is 45.6 Å². The molecule has 0 spiro atoms. The van der Waals surface area contributed by atoms with Crippen LogP contribution in [0.5, 0.6) is 0 Å². The fourth-order valence-corrected chi connectivity index (χ4v) is 1.66. The summed E-state index contributed by atoms with van der Waals surface area (Å²) in [7, 11) is 0. The minimum Gasteiger partial charge on any atom is -0.394 e. The second-order valence-corrected chi connectivity index (χ2v) is 5.05. The lowest BCUT2D eigenvalue weighted by atomic mass is 10.3. The van der Waals surface area contributed by atoms with Crippen LogP contribution in [0.4, 0.5) is 0 Å². The SMILES string of the molecule is CCC(CO)OC(CNC(C)=O)OCCOCCNC(=O)CNC=O. The first-order valence-corrected chi connectivity index (χ1v) is 8.17. The zero-order valence-electron chi connectivity index (χ0n) is 14.8. The molecule has 0 aliphatic rings. The predicted molar refractivity (Wildman–Crippen MR) is 88.6 cm³/mol. The van der Waals surface area contributed by atoms with Crippen molar-refractivity contribution in [1.29, 1.82) is 0 Å². The Labute approximate surface area is 147 Å². The zero-order chi connectivity index (χ0) is 18.9. The van der Waals surface area contributed by atoms with Gasteiger partial charge in [0.15, 0.2) is 6.29 Å². The lowest BCUT2D eigenvalue weighted by molar-refractivity contribution is -0.182. The predicted octanol–water partition coefficient (Wildman–Crippen LogP) is -1.87. The van der Waals surface area contributed by atoms with Gasteiger partial charge in [-0.05, 0) is 6.42 Å². The van der Waals surface area contributed by atoms with E-state index in [9.17, 15) is 14.4 Å². The van der Waals surface area contributed by atoms with Crippen LogP contribution in [-0.4, -0.2) is 81.8 Å². The molecule has 0 aliphatic heterocycles. The summed E-state index contributed by atoms with van der Waals surface area (Å²) >= 11 is 0. The Bertz CT molecular complexity index is 378. The highest BCUT2D eigenvalue weighted by molar-refractivity contribution is 5.79. The first kappa shape index (κ1) is 23.2. The molecule has 25 heavy (non-hydrogen) atoms. The molecule has 3 amide bonds. The molecule has 0 aliphatic carbocycles. The Kier molecular flexibility index (Phi) is 14.7. The third-order valence-electron chi connectivity index (χ3n) is 2.97. The fraction of sp³-hybridized carbons (Fsp3) is 0.800. The number of hydrogen-bond donors (Lipinski definition) is 4. The molecular weight excluding hydrogens is 334 g/mol. The molecule has 0 bridgehead atoms. The average molecular weight is 363 g/mol. The van der Waals surface area contributed by atoms with Gasteiger partial charge in [-0.3, -0.25) is 14.4 Å². The first-order chi connectivity index (χ1) is 12.0. The Balaban J connectivity index is 3.86. The van der Waals surface area contributed by atoms with Gasteiger partial charge in [0.1, 0.15) is 0 Å². The summed E-state index contributed by atoms with van der Waals surface area (Å²) < 4.78 is 16.4. The van der Waals surface area contributed by atoms with Crippen LogP contribution < -0.4 is 16.0 Å². The quantitative estimate of drug-likeness (QED) is 0.143. The summed E-state index contributed by atoms with van der Waals surface area (Å²) in [6.07, 6.45) is 0.0202. The van der Waals surface area contributed by atoms with Crippen molar-refractivity contribution in [3.63, 3.8) is 0 Å². The molecule has 0 radical (unpaired) electrons. The molecule has 0 heterocycles. The monoisotopic (exact) mass is 363 g/mol. The molecule has 0 rings (SSSR count). The van der Waals surface area contributed by atoms with Crippen molar-refractivity contribution in [3.05, 3.63) is 0 Å². The summed E-state index contributed by atoms with van der Waals surface area (Å²) in [5.74, 6) is -0.504. The van der Waals surface area contributed by atoms with Gasteiger partial charge in [0.25, 0.3) is 0 Å². The minimum atomic E-state index is -0.682. The van der Waals surface area contributed by atoms with Gasteiger partial charge in [0.2, 0.25) is 18.2 Å². The van der Waals surface area contributed by atoms with E-state index in [-0.39, 0.29) is 50.8 Å². The maximum Gasteiger partial charge on any atom is 0.239 e. The number of nitrogens with one attached hydrogen (secondary N) is 3. The van der Waals surface area contributed by atoms with E-state index in [0.717, 1.165) is 0 Å². The minimum absolute atomic E-state index is 0.0712. The number of amides is 3. The van der Waals surface area contributed by atoms with Gasteiger partial charge < -0.3 is 35.3 Å². The summed E-state index contributed by atoms with van der Waals surface area (Å²) in [4.78, 5) is 32.2. The molecule has 10 nitrogen and oxygen atoms in total. The largest absolute Gasteiger partial charge is 0.394 e. The third kappa shape index (κ3) is 14.3. The van der Waals surface area contributed by atoms with E-state index in [1.165, 1.54) is 6.92 Å². The summed E-state index contributed by atoms with van der Waals surface area (Å²) in [6, 6.07) is 0. The Morgan fingerprint density at radius 3 is 2.56 bits per heavy atom. The van der Waals surface area contributed by atoms with Crippen molar-refractivity contribution < 1.29 is 33.7 Å². The molecule has 10 heteroatoms. The van der Waals surface area contributed by atoms with E-state index < -0.39 is 6.29 Å². The van der Waals surface area contributed by atoms with E-state index in [1.807, 2.05) is 6.92 Å². The van der Waals surface area contributed by atoms with Crippen molar-refractivity contribution in [2.24, 2.45) is 0 Å². The normalized spacial score (nSPS) is 12.9. The van der Waals surface area contributed by atoms with E-state index >= 15 is 0 Å². The second-order valence-electron chi connectivity index (χ2n) is 5.05. The number of carbonyl (C=O) groups is 3. The smallest absolute Gasteiger partial charge is 0.239 e. The van der Waals surface area contributed by atoms with Crippen LogP contribution in [0.15, 0.2) is 0 Å². The van der Waals surface area contributed by atoms with Crippen molar-refractivity contribution in [1.82, 2.24) is 16.0 Å². The average Bonchev–Trinajstić information content (AvgIpc) is 2.60. The molecule has 4 N–H and O–H groups in total. The fourth-order valence-electron chi connectivity index (χ4n) is 1.66. The maximum absolute atomic E-state index is 11.2. The van der Waals surface area contributed by atoms with Gasteiger partial charge in [-0.1, -0.05) is 6.92 Å². The molecule has 0 aromatic heterocycles. The Morgan fingerprint density at radius 2 is 1.96 bits per heavy atom. The van der Waals surface area contributed by atoms with Crippen LogP contribution in [0.3, 0.4) is 0 Å². The van der Waals surface area contributed by atoms with E-state index in [2.05, 4.69) is 16.0 Å². The number of ether oxygens (including phenoxy) is 3. The third-order valence-corrected chi connectivity index (χ3v) is 2.97. The number of aliphatic hydroxyl groups excluding tert-OH is 1. The summed E-state index contributed by atoms with van der Waals surface area (Å²) in [6.45, 7) is 4.34. The Morgan fingerprint density at radius 1 is 1.20 bits per heavy atom. The van der Waals surface area contributed by atoms with Crippen molar-refractivity contribution in [3.8, 4) is 0 Å². The van der Waals surface area contributed by atoms with Gasteiger partial charge in [-0.25, -0.2) is 0 Å². The lowest BCUT2D eigenvalue weighted by Crippen LogP contribution is -2.38. The topological polar surface area (TPSA) is 135 Å². The van der Waals surface area contributed by atoms with Gasteiger partial charge >= 0.3 is 0 Å². The highest BCUT2D eigenvalue weighted by atomic mass is 16.7. The highest BCUT2D eigenvalue weighted by Gasteiger charge is 2.15. The second kappa shape index (κ2) is 15.8. The maximum atomic E-state index is 11.2. The number of aliphatic hydroxyl groups is 1. The lowest BCUT2D eigenvalue weighted by Gasteiger charge is -2.23. The Hall–Kier alpha value is -1.75. The van der Waals surface area contributed by atoms with Crippen LogP contribution in [0.1, 0.15) is 20.3 Å². The molecular formula is C15H29N3O7. The van der Waals surface area contributed by atoms with Crippen molar-refractivity contribution in [2.45, 2.75) is 32.7 Å². The van der Waals surface area contributed by atoms with Crippen LogP contribution in [0, 0.1) is 0 Å². The molecule has 0 saturated carbocycles. The van der Waals surface area contributed by atoms with Crippen LogP contribution >= 0.6 is 0 Å².